The maximum atomic E-state index is 13.7. The molecule has 0 saturated heterocycles. The molecule has 0 radical (unpaired) electrons. The molecule has 0 aliphatic rings. The molecule has 1 atom stereocenters. The Hall–Kier alpha value is -3.54. The smallest absolute Gasteiger partial charge is 0.420 e. The van der Waals surface area contributed by atoms with E-state index in [2.05, 4.69) is 20.2 Å². The molecular weight excluding hydrogens is 443 g/mol. The third-order valence-corrected chi connectivity index (χ3v) is 4.94. The van der Waals surface area contributed by atoms with Gasteiger partial charge >= 0.3 is 6.18 Å². The van der Waals surface area contributed by atoms with Gasteiger partial charge in [0.05, 0.1) is 38.9 Å². The van der Waals surface area contributed by atoms with E-state index in [0.717, 1.165) is 10.9 Å². The van der Waals surface area contributed by atoms with Gasteiger partial charge in [0.25, 0.3) is 0 Å². The summed E-state index contributed by atoms with van der Waals surface area (Å²) in [6.07, 6.45) is -0.113. The average molecular weight is 465 g/mol. The number of ether oxygens (including phenoxy) is 3. The largest absolute Gasteiger partial charge is 0.495 e. The molecule has 0 spiro atoms. The van der Waals surface area contributed by atoms with Gasteiger partial charge < -0.3 is 14.2 Å². The molecule has 0 fully saturated rings. The second-order valence-electron chi connectivity index (χ2n) is 7.03. The van der Waals surface area contributed by atoms with Crippen LogP contribution in [0.25, 0.3) is 5.82 Å². The van der Waals surface area contributed by atoms with Crippen molar-refractivity contribution in [1.29, 1.82) is 0 Å². The maximum Gasteiger partial charge on any atom is 0.420 e. The highest BCUT2D eigenvalue weighted by atomic mass is 19.4. The summed E-state index contributed by atoms with van der Waals surface area (Å²) in [6, 6.07) is 0.838. The number of aromatic nitrogens is 5. The molecule has 0 unspecified atom stereocenters. The van der Waals surface area contributed by atoms with Crippen molar-refractivity contribution >= 4 is 5.78 Å². The molecule has 12 heteroatoms. The Kier molecular flexibility index (Phi) is 7.26. The predicted octanol–water partition coefficient (Wildman–Crippen LogP) is 3.16. The molecule has 176 valence electrons. The van der Waals surface area contributed by atoms with Crippen LogP contribution in [0, 0.1) is 0 Å². The molecule has 9 nitrogen and oxygen atoms in total. The Morgan fingerprint density at radius 3 is 2.30 bits per heavy atom. The molecule has 0 saturated carbocycles. The molecule has 3 heterocycles. The number of methoxy groups -OCH3 is 3. The van der Waals surface area contributed by atoms with Crippen LogP contribution in [-0.2, 0) is 28.5 Å². The van der Waals surface area contributed by atoms with Crippen molar-refractivity contribution in [2.75, 3.05) is 21.3 Å². The Bertz CT molecular complexity index is 1120. The lowest BCUT2D eigenvalue weighted by molar-refractivity contribution is -0.138. The van der Waals surface area contributed by atoms with Gasteiger partial charge in [-0.1, -0.05) is 0 Å². The van der Waals surface area contributed by atoms with E-state index < -0.39 is 17.6 Å². The van der Waals surface area contributed by atoms with E-state index in [1.165, 1.54) is 46.1 Å². The fourth-order valence-corrected chi connectivity index (χ4v) is 3.38. The number of hydrogen-bond donors (Lipinski definition) is 0. The maximum absolute atomic E-state index is 13.7. The highest BCUT2D eigenvalue weighted by molar-refractivity contribution is 5.84. The van der Waals surface area contributed by atoms with Gasteiger partial charge in [-0.2, -0.15) is 28.4 Å². The van der Waals surface area contributed by atoms with Gasteiger partial charge in [0, 0.05) is 37.3 Å². The number of pyridine rings is 2. The van der Waals surface area contributed by atoms with Crippen LogP contribution >= 0.6 is 0 Å². The Labute approximate surface area is 187 Å². The number of nitrogens with zero attached hydrogens (tertiary/aromatic N) is 5. The van der Waals surface area contributed by atoms with E-state index in [1.807, 2.05) is 0 Å². The summed E-state index contributed by atoms with van der Waals surface area (Å²) in [5.41, 5.74) is 0.0977. The molecule has 0 bridgehead atoms. The van der Waals surface area contributed by atoms with Gasteiger partial charge in [-0.3, -0.25) is 9.78 Å². The number of rotatable bonds is 9. The summed E-state index contributed by atoms with van der Waals surface area (Å²) in [6.45, 7) is 1.79. The second kappa shape index (κ2) is 9.94. The molecular formula is C21H22F3N5O4. The molecule has 33 heavy (non-hydrogen) atoms. The summed E-state index contributed by atoms with van der Waals surface area (Å²) in [5, 5.41) is 7.45. The average Bonchev–Trinajstić information content (AvgIpc) is 3.32. The van der Waals surface area contributed by atoms with Crippen molar-refractivity contribution in [2.24, 2.45) is 0 Å². The van der Waals surface area contributed by atoms with Crippen LogP contribution in [0.5, 0.6) is 11.6 Å². The zero-order chi connectivity index (χ0) is 24.2. The third-order valence-electron chi connectivity index (χ3n) is 4.94. The standard InChI is InChI=1S/C21H22F3N5O4/c1-12(31-2)18-14(10-25-11-17(18)32-3)8-15(30)7-13-9-16(21(22,23)24)19(28-20(13)33-4)29-26-5-6-27-29/h5-6,9-12H,7-8H2,1-4H3/t12-/m0/s1. The van der Waals surface area contributed by atoms with E-state index >= 15 is 0 Å². The van der Waals surface area contributed by atoms with E-state index in [0.29, 0.717) is 16.9 Å². The minimum Gasteiger partial charge on any atom is -0.495 e. The SMILES string of the molecule is COc1cncc(CC(=O)Cc2cc(C(F)(F)F)c(-n3nccn3)nc2OC)c1[C@H](C)OC. The molecule has 3 aromatic rings. The van der Waals surface area contributed by atoms with Gasteiger partial charge in [0.2, 0.25) is 5.88 Å². The monoisotopic (exact) mass is 465 g/mol. The van der Waals surface area contributed by atoms with E-state index in [4.69, 9.17) is 14.2 Å². The van der Waals surface area contributed by atoms with E-state index in [-0.39, 0.29) is 36.2 Å². The summed E-state index contributed by atoms with van der Waals surface area (Å²) in [7, 11) is 4.25. The quantitative estimate of drug-likeness (QED) is 0.475. The minimum atomic E-state index is -4.75. The molecule has 0 amide bonds. The van der Waals surface area contributed by atoms with Crippen LogP contribution < -0.4 is 9.47 Å². The molecule has 3 aromatic heterocycles. The second-order valence-corrected chi connectivity index (χ2v) is 7.03. The number of halogens is 3. The van der Waals surface area contributed by atoms with Crippen LogP contribution in [0.4, 0.5) is 13.2 Å². The number of Topliss-reactive ketones (excluding diaryl/α,β-unsaturated/α-hetero) is 1. The first-order valence-corrected chi connectivity index (χ1v) is 9.76. The molecule has 0 aliphatic carbocycles. The first kappa shape index (κ1) is 24.1. The fourth-order valence-electron chi connectivity index (χ4n) is 3.38. The number of carbonyl (C=O) groups is 1. The van der Waals surface area contributed by atoms with Gasteiger partial charge in [0.1, 0.15) is 17.1 Å². The van der Waals surface area contributed by atoms with Crippen molar-refractivity contribution in [3.8, 4) is 17.4 Å². The molecule has 0 aliphatic heterocycles. The summed E-state index contributed by atoms with van der Waals surface area (Å²) in [5.74, 6) is -0.594. The first-order valence-electron chi connectivity index (χ1n) is 9.76. The summed E-state index contributed by atoms with van der Waals surface area (Å²) in [4.78, 5) is 21.6. The first-order chi connectivity index (χ1) is 15.7. The molecule has 0 N–H and O–H groups in total. The lowest BCUT2D eigenvalue weighted by Gasteiger charge is -2.18. The Balaban J connectivity index is 1.96. The number of hydrogen-bond acceptors (Lipinski definition) is 8. The van der Waals surface area contributed by atoms with Crippen molar-refractivity contribution < 1.29 is 32.2 Å². The van der Waals surface area contributed by atoms with Crippen molar-refractivity contribution in [1.82, 2.24) is 25.0 Å². The topological polar surface area (TPSA) is 101 Å². The third kappa shape index (κ3) is 5.28. The number of alkyl halides is 3. The summed E-state index contributed by atoms with van der Waals surface area (Å²) < 4.78 is 57.1. The molecule has 0 aromatic carbocycles. The number of carbonyl (C=O) groups excluding carboxylic acids is 1. The minimum absolute atomic E-state index is 0.0112. The van der Waals surface area contributed by atoms with Gasteiger partial charge in [-0.25, -0.2) is 0 Å². The van der Waals surface area contributed by atoms with Gasteiger partial charge in [0.15, 0.2) is 5.82 Å². The zero-order valence-electron chi connectivity index (χ0n) is 18.4. The zero-order valence-corrected chi connectivity index (χ0v) is 18.4. The van der Waals surface area contributed by atoms with Crippen LogP contribution in [0.2, 0.25) is 0 Å². The molecule has 3 rings (SSSR count). The van der Waals surface area contributed by atoms with Crippen LogP contribution in [0.3, 0.4) is 0 Å². The lowest BCUT2D eigenvalue weighted by Crippen LogP contribution is -2.18. The highest BCUT2D eigenvalue weighted by Crippen LogP contribution is 2.36. The Morgan fingerprint density at radius 2 is 1.73 bits per heavy atom. The van der Waals surface area contributed by atoms with Gasteiger partial charge in [-0.05, 0) is 18.6 Å². The van der Waals surface area contributed by atoms with E-state index in [9.17, 15) is 18.0 Å². The van der Waals surface area contributed by atoms with Crippen molar-refractivity contribution in [3.05, 3.63) is 53.1 Å². The Morgan fingerprint density at radius 1 is 1.06 bits per heavy atom. The van der Waals surface area contributed by atoms with Crippen LogP contribution in [0.15, 0.2) is 30.9 Å². The fraction of sp³-hybridized carbons (Fsp3) is 0.381. The van der Waals surface area contributed by atoms with Crippen molar-refractivity contribution in [2.45, 2.75) is 32.0 Å². The lowest BCUT2D eigenvalue weighted by atomic mass is 9.97. The van der Waals surface area contributed by atoms with Crippen molar-refractivity contribution in [3.63, 3.8) is 0 Å². The van der Waals surface area contributed by atoms with Crippen LogP contribution in [-0.4, -0.2) is 52.1 Å². The predicted molar refractivity (Wildman–Crippen MR) is 109 cm³/mol. The number of ketones is 1. The normalized spacial score (nSPS) is 12.5. The highest BCUT2D eigenvalue weighted by Gasteiger charge is 2.37. The van der Waals surface area contributed by atoms with Gasteiger partial charge in [-0.15, -0.1) is 4.80 Å². The van der Waals surface area contributed by atoms with E-state index in [1.54, 1.807) is 6.92 Å². The van der Waals surface area contributed by atoms with Crippen LogP contribution in [0.1, 0.15) is 35.3 Å². The summed E-state index contributed by atoms with van der Waals surface area (Å²) >= 11 is 0.